The molecule has 0 amide bonds. The largest absolute Gasteiger partial charge is 0.465 e. The van der Waals surface area contributed by atoms with E-state index in [-0.39, 0.29) is 71.1 Å². The molecule has 308 valence electrons. The Balaban J connectivity index is 0.987. The van der Waals surface area contributed by atoms with E-state index in [2.05, 4.69) is 20.8 Å². The molecule has 12 rings (SSSR count). The second kappa shape index (κ2) is 13.0. The maximum atomic E-state index is 15.3. The molecule has 12 unspecified atom stereocenters. The van der Waals surface area contributed by atoms with Gasteiger partial charge in [0.2, 0.25) is 0 Å². The molecule has 12 fully saturated rings. The summed E-state index contributed by atoms with van der Waals surface area (Å²) in [6.07, 6.45) is 14.3. The number of fused-ring (bicyclic) bond motifs is 5. The van der Waals surface area contributed by atoms with Crippen molar-refractivity contribution in [2.75, 3.05) is 6.61 Å². The average molecular weight is 777 g/mol. The Morgan fingerprint density at radius 1 is 0.786 bits per heavy atom. The van der Waals surface area contributed by atoms with Gasteiger partial charge in [-0.3, -0.25) is 24.0 Å². The van der Waals surface area contributed by atoms with Gasteiger partial charge < -0.3 is 24.1 Å². The summed E-state index contributed by atoms with van der Waals surface area (Å²) in [6.45, 7) is 8.60. The van der Waals surface area contributed by atoms with Crippen LogP contribution < -0.4 is 0 Å². The molecule has 2 saturated heterocycles. The number of cyclic esters (lactones) is 3. The summed E-state index contributed by atoms with van der Waals surface area (Å²) >= 11 is 0. The van der Waals surface area contributed by atoms with Crippen molar-refractivity contribution in [3.8, 4) is 0 Å². The van der Waals surface area contributed by atoms with Crippen LogP contribution in [0.3, 0.4) is 0 Å². The van der Waals surface area contributed by atoms with Crippen LogP contribution in [-0.4, -0.2) is 58.4 Å². The van der Waals surface area contributed by atoms with E-state index in [0.717, 1.165) is 57.8 Å². The monoisotopic (exact) mass is 776 g/mol. The Kier molecular flexibility index (Phi) is 8.77. The molecule has 0 spiro atoms. The Hall–Kier alpha value is -2.49. The van der Waals surface area contributed by atoms with Crippen LogP contribution in [0.2, 0.25) is 0 Å². The molecule has 10 nitrogen and oxygen atoms in total. The molecule has 0 radical (unpaired) electrons. The zero-order valence-corrected chi connectivity index (χ0v) is 34.0. The standard InChI is InChI=1S/C46H64O10/c1-5-46(6-2,43-14-25-7-26(15-43)9-27(8-25)16-43)56-39(48)30(11-31-23(3)32-13-33(31)35-21-53-41(50)37(32)35)12-34(36-24(4)38(47)54-42(36)51)40(49)55-45-19-28-10-29(20-45)18-44(52,17-28)22-45/h23-37,52H,5-22H2,1-4H3. The van der Waals surface area contributed by atoms with E-state index < -0.39 is 58.4 Å². The predicted octanol–water partition coefficient (Wildman–Crippen LogP) is 6.97. The van der Waals surface area contributed by atoms with Gasteiger partial charge in [-0.15, -0.1) is 0 Å². The van der Waals surface area contributed by atoms with Crippen molar-refractivity contribution in [2.45, 2.75) is 154 Å². The van der Waals surface area contributed by atoms with E-state index in [0.29, 0.717) is 50.0 Å². The van der Waals surface area contributed by atoms with Gasteiger partial charge >= 0.3 is 29.8 Å². The predicted molar refractivity (Wildman–Crippen MR) is 201 cm³/mol. The Morgan fingerprint density at radius 2 is 1.41 bits per heavy atom. The first-order valence-corrected chi connectivity index (χ1v) is 22.8. The Morgan fingerprint density at radius 3 is 1.98 bits per heavy atom. The molecular formula is C46H64O10. The molecule has 10 aliphatic carbocycles. The van der Waals surface area contributed by atoms with Gasteiger partial charge in [0.05, 0.1) is 41.8 Å². The number of ether oxygens (including phenoxy) is 4. The molecule has 1 N–H and O–H groups in total. The molecule has 0 aromatic rings. The SMILES string of the molecule is CCC(CC)(OC(=O)C(CC(C(=O)OC12CC3CC(CC(O)(C3)C1)C2)C1C(=O)OC(=O)C1C)CC1C(C)C2CC1C1COC(=O)C21)C12CC3CC(CC(C3)C1)C2. The fraction of sp³-hybridized carbons (Fsp3) is 0.891. The first kappa shape index (κ1) is 37.8. The number of carbonyl (C=O) groups excluding carboxylic acids is 5. The third-order valence-electron chi connectivity index (χ3n) is 18.9. The summed E-state index contributed by atoms with van der Waals surface area (Å²) in [5.74, 6) is -2.71. The van der Waals surface area contributed by atoms with Crippen molar-refractivity contribution in [1.82, 2.24) is 0 Å². The first-order chi connectivity index (χ1) is 26.7. The lowest BCUT2D eigenvalue weighted by Crippen LogP contribution is -2.61. The van der Waals surface area contributed by atoms with Crippen LogP contribution in [0.4, 0.5) is 0 Å². The molecule has 10 bridgehead atoms. The third kappa shape index (κ3) is 5.65. The summed E-state index contributed by atoms with van der Waals surface area (Å²) in [6, 6.07) is 0. The van der Waals surface area contributed by atoms with E-state index in [1.165, 1.54) is 19.3 Å². The van der Waals surface area contributed by atoms with E-state index in [1.807, 2.05) is 0 Å². The Labute approximate surface area is 331 Å². The molecule has 12 atom stereocenters. The second-order valence-corrected chi connectivity index (χ2v) is 21.8. The topological polar surface area (TPSA) is 143 Å². The molecule has 10 heteroatoms. The molecular weight excluding hydrogens is 712 g/mol. The third-order valence-corrected chi connectivity index (χ3v) is 18.9. The van der Waals surface area contributed by atoms with Crippen LogP contribution in [0.1, 0.15) is 137 Å². The lowest BCUT2D eigenvalue weighted by molar-refractivity contribution is -0.225. The van der Waals surface area contributed by atoms with Crippen LogP contribution in [0.25, 0.3) is 0 Å². The quantitative estimate of drug-likeness (QED) is 0.125. The Bertz CT molecular complexity index is 1630. The number of rotatable bonds is 12. The van der Waals surface area contributed by atoms with Crippen LogP contribution in [0, 0.1) is 94.2 Å². The number of esters is 5. The highest BCUT2D eigenvalue weighted by Crippen LogP contribution is 2.67. The second-order valence-electron chi connectivity index (χ2n) is 21.8. The molecule has 0 aromatic carbocycles. The van der Waals surface area contributed by atoms with E-state index in [1.54, 1.807) is 6.92 Å². The van der Waals surface area contributed by atoms with Gasteiger partial charge in [0.25, 0.3) is 0 Å². The van der Waals surface area contributed by atoms with Crippen molar-refractivity contribution < 1.29 is 48.0 Å². The lowest BCUT2D eigenvalue weighted by atomic mass is 9.44. The van der Waals surface area contributed by atoms with Crippen molar-refractivity contribution in [3.63, 3.8) is 0 Å². The molecule has 0 aromatic heterocycles. The number of aliphatic hydroxyl groups is 1. The summed E-state index contributed by atoms with van der Waals surface area (Å²) < 4.78 is 24.5. The van der Waals surface area contributed by atoms with Crippen molar-refractivity contribution in [1.29, 1.82) is 0 Å². The van der Waals surface area contributed by atoms with E-state index in [9.17, 15) is 24.3 Å². The van der Waals surface area contributed by atoms with Crippen molar-refractivity contribution in [2.24, 2.45) is 94.2 Å². The zero-order valence-electron chi connectivity index (χ0n) is 34.0. The van der Waals surface area contributed by atoms with Gasteiger partial charge in [-0.2, -0.15) is 0 Å². The minimum Gasteiger partial charge on any atom is -0.465 e. The molecule has 2 heterocycles. The summed E-state index contributed by atoms with van der Waals surface area (Å²) in [4.78, 5) is 69.6. The highest BCUT2D eigenvalue weighted by molar-refractivity contribution is 5.98. The van der Waals surface area contributed by atoms with Crippen molar-refractivity contribution in [3.05, 3.63) is 0 Å². The normalized spacial score (nSPS) is 48.9. The van der Waals surface area contributed by atoms with Crippen LogP contribution in [0.5, 0.6) is 0 Å². The maximum absolute atomic E-state index is 15.3. The summed E-state index contributed by atoms with van der Waals surface area (Å²) in [5.41, 5.74) is -2.37. The van der Waals surface area contributed by atoms with Gasteiger partial charge in [-0.25, -0.2) is 0 Å². The van der Waals surface area contributed by atoms with Crippen LogP contribution >= 0.6 is 0 Å². The molecule has 2 aliphatic heterocycles. The fourth-order valence-electron chi connectivity index (χ4n) is 17.4. The summed E-state index contributed by atoms with van der Waals surface area (Å²) in [7, 11) is 0. The van der Waals surface area contributed by atoms with Gasteiger partial charge in [0.15, 0.2) is 0 Å². The highest BCUT2D eigenvalue weighted by atomic mass is 16.6. The van der Waals surface area contributed by atoms with Gasteiger partial charge in [-0.1, -0.05) is 27.7 Å². The molecule has 56 heavy (non-hydrogen) atoms. The number of hydrogen-bond donors (Lipinski definition) is 1. The highest BCUT2D eigenvalue weighted by Gasteiger charge is 2.65. The van der Waals surface area contributed by atoms with E-state index in [4.69, 9.17) is 18.9 Å². The van der Waals surface area contributed by atoms with Crippen LogP contribution in [0.15, 0.2) is 0 Å². The summed E-state index contributed by atoms with van der Waals surface area (Å²) in [5, 5.41) is 11.5. The van der Waals surface area contributed by atoms with Crippen LogP contribution in [-0.2, 0) is 42.9 Å². The van der Waals surface area contributed by atoms with Crippen molar-refractivity contribution >= 4 is 29.8 Å². The minimum absolute atomic E-state index is 0.0246. The number of hydrogen-bond acceptors (Lipinski definition) is 10. The first-order valence-electron chi connectivity index (χ1n) is 22.8. The number of carbonyl (C=O) groups is 5. The zero-order chi connectivity index (χ0) is 39.1. The maximum Gasteiger partial charge on any atom is 0.318 e. The van der Waals surface area contributed by atoms with E-state index >= 15 is 4.79 Å². The van der Waals surface area contributed by atoms with Gasteiger partial charge in [0, 0.05) is 17.8 Å². The fourth-order valence-corrected chi connectivity index (χ4v) is 17.4. The smallest absolute Gasteiger partial charge is 0.318 e. The molecule has 12 aliphatic rings. The lowest BCUT2D eigenvalue weighted by Gasteiger charge is -2.63. The van der Waals surface area contributed by atoms with Gasteiger partial charge in [0.1, 0.15) is 11.2 Å². The molecule has 10 saturated carbocycles. The average Bonchev–Trinajstić information content (AvgIpc) is 3.84. The van der Waals surface area contributed by atoms with Gasteiger partial charge in [-0.05, 0) is 156 Å². The minimum atomic E-state index is -1.08.